The Bertz CT molecular complexity index is 943. The van der Waals surface area contributed by atoms with Gasteiger partial charge in [-0.05, 0) is 37.7 Å². The fourth-order valence-electron chi connectivity index (χ4n) is 2.25. The van der Waals surface area contributed by atoms with E-state index in [0.717, 1.165) is 17.8 Å². The number of aromatic nitrogens is 2. The quantitative estimate of drug-likeness (QED) is 0.228. The molecule has 1 aromatic carbocycles. The number of benzene rings is 1. The normalized spacial score (nSPS) is 10.6. The molecule has 0 fully saturated rings. The smallest absolute Gasteiger partial charge is 0.242 e. The van der Waals surface area contributed by atoms with Crippen LogP contribution in [0.15, 0.2) is 60.9 Å². The molecule has 2 heterocycles. The first-order valence-corrected chi connectivity index (χ1v) is 10.7. The third-order valence-corrected chi connectivity index (χ3v) is 5.15. The van der Waals surface area contributed by atoms with Crippen molar-refractivity contribution < 1.29 is 42.5 Å². The molecule has 31 heavy (non-hydrogen) atoms. The Kier molecular flexibility index (Phi) is 12.5. The SMILES string of the molecule is CCOP(=O)([N-]Cc1ccccn1)OCC.Fc1c[c-]c(-c2ccccn2)c(F)c1.[Ir]. The second kappa shape index (κ2) is 14.2. The Morgan fingerprint density at radius 2 is 1.68 bits per heavy atom. The molecule has 6 nitrogen and oxygen atoms in total. The summed E-state index contributed by atoms with van der Waals surface area (Å²) in [7, 11) is -3.30. The average molecular weight is 626 g/mol. The Labute approximate surface area is 194 Å². The van der Waals surface area contributed by atoms with Crippen LogP contribution >= 0.6 is 7.75 Å². The van der Waals surface area contributed by atoms with E-state index in [1.807, 2.05) is 18.2 Å². The van der Waals surface area contributed by atoms with Gasteiger partial charge in [-0.1, -0.05) is 36.4 Å². The summed E-state index contributed by atoms with van der Waals surface area (Å²) in [5, 5.41) is 3.95. The minimum atomic E-state index is -3.30. The molecule has 0 saturated heterocycles. The third kappa shape index (κ3) is 9.44. The molecule has 0 aliphatic heterocycles. The topological polar surface area (TPSA) is 75.4 Å². The molecule has 169 valence electrons. The van der Waals surface area contributed by atoms with Gasteiger partial charge in [0.25, 0.3) is 0 Å². The van der Waals surface area contributed by atoms with Crippen LogP contribution in [0.25, 0.3) is 16.3 Å². The van der Waals surface area contributed by atoms with Crippen LogP contribution in [0.5, 0.6) is 0 Å². The van der Waals surface area contributed by atoms with Crippen LogP contribution in [0, 0.1) is 17.7 Å². The summed E-state index contributed by atoms with van der Waals surface area (Å²) in [5.74, 6) is -1.29. The van der Waals surface area contributed by atoms with Gasteiger partial charge in [-0.15, -0.1) is 12.1 Å². The van der Waals surface area contributed by atoms with Crippen LogP contribution in [0.3, 0.4) is 0 Å². The maximum atomic E-state index is 13.2. The second-order valence-electron chi connectivity index (χ2n) is 5.68. The Morgan fingerprint density at radius 1 is 1.03 bits per heavy atom. The molecule has 1 radical (unpaired) electrons. The van der Waals surface area contributed by atoms with Gasteiger partial charge in [0.2, 0.25) is 7.75 Å². The van der Waals surface area contributed by atoms with Gasteiger partial charge in [0.05, 0.1) is 13.2 Å². The van der Waals surface area contributed by atoms with Gasteiger partial charge in [-0.25, -0.2) is 0 Å². The molecule has 0 spiro atoms. The number of pyridine rings is 2. The van der Waals surface area contributed by atoms with E-state index in [1.54, 1.807) is 44.4 Å². The van der Waals surface area contributed by atoms with Crippen molar-refractivity contribution in [2.24, 2.45) is 0 Å². The number of rotatable bonds is 8. The number of hydrogen-bond donors (Lipinski definition) is 0. The average Bonchev–Trinajstić information content (AvgIpc) is 2.75. The maximum Gasteiger partial charge on any atom is 0.242 e. The van der Waals surface area contributed by atoms with Crippen molar-refractivity contribution in [3.63, 3.8) is 0 Å². The van der Waals surface area contributed by atoms with Gasteiger partial charge in [0, 0.05) is 49.8 Å². The van der Waals surface area contributed by atoms with E-state index in [2.05, 4.69) is 21.1 Å². The summed E-state index contributed by atoms with van der Waals surface area (Å²) in [4.78, 5) is 8.02. The van der Waals surface area contributed by atoms with E-state index in [-0.39, 0.29) is 32.2 Å². The zero-order valence-electron chi connectivity index (χ0n) is 17.0. The molecule has 10 heteroatoms. The van der Waals surface area contributed by atoms with Crippen molar-refractivity contribution in [1.82, 2.24) is 9.97 Å². The number of halogens is 2. The van der Waals surface area contributed by atoms with Gasteiger partial charge >= 0.3 is 0 Å². The van der Waals surface area contributed by atoms with Crippen molar-refractivity contribution in [3.8, 4) is 11.3 Å². The van der Waals surface area contributed by atoms with Gasteiger partial charge in [0.1, 0.15) is 0 Å². The van der Waals surface area contributed by atoms with Gasteiger partial charge in [-0.3, -0.25) is 18.3 Å². The molecular weight excluding hydrogens is 603 g/mol. The second-order valence-corrected chi connectivity index (χ2v) is 7.42. The molecule has 0 amide bonds. The monoisotopic (exact) mass is 626 g/mol. The van der Waals surface area contributed by atoms with Gasteiger partial charge < -0.3 is 19.1 Å². The standard InChI is InChI=1S/C11H6F2N.C10H16N2O3P.Ir/c12-8-4-5-9(10(13)7-8)11-3-1-2-6-14-11;1-3-14-16(13,15-4-2)12-9-10-7-5-6-8-11-10;/h1-4,6-7H;5-8H,3-4,9H2,1-2H3;/q2*-1;. The molecule has 0 bridgehead atoms. The zero-order chi connectivity index (χ0) is 21.8. The maximum absolute atomic E-state index is 13.2. The van der Waals surface area contributed by atoms with Gasteiger partial charge in [-0.2, -0.15) is 0 Å². The Balaban J connectivity index is 0.000000302. The Hall–Kier alpha value is -1.86. The fraction of sp³-hybridized carbons (Fsp3) is 0.238. The predicted octanol–water partition coefficient (Wildman–Crippen LogP) is 5.96. The third-order valence-electron chi connectivity index (χ3n) is 3.50. The summed E-state index contributed by atoms with van der Waals surface area (Å²) >= 11 is 0. The largest absolute Gasteiger partial charge is 0.550 e. The van der Waals surface area contributed by atoms with Crippen LogP contribution in [0.4, 0.5) is 8.78 Å². The molecule has 0 aliphatic rings. The van der Waals surface area contributed by atoms with Crippen molar-refractivity contribution >= 4 is 7.75 Å². The first-order chi connectivity index (χ1) is 14.5. The molecular formula is C21H22F2IrN3O3P-2. The number of nitrogens with zero attached hydrogens (tertiary/aromatic N) is 3. The minimum Gasteiger partial charge on any atom is -0.550 e. The summed E-state index contributed by atoms with van der Waals surface area (Å²) in [6, 6.07) is 15.0. The Morgan fingerprint density at radius 3 is 2.19 bits per heavy atom. The summed E-state index contributed by atoms with van der Waals surface area (Å²) in [6.45, 7) is 4.36. The summed E-state index contributed by atoms with van der Waals surface area (Å²) < 4.78 is 47.8. The predicted molar refractivity (Wildman–Crippen MR) is 111 cm³/mol. The molecule has 2 aromatic heterocycles. The van der Waals surface area contributed by atoms with Crippen LogP contribution in [-0.4, -0.2) is 23.2 Å². The zero-order valence-corrected chi connectivity index (χ0v) is 20.3. The molecule has 0 atom stereocenters. The molecule has 3 aromatic rings. The summed E-state index contributed by atoms with van der Waals surface area (Å²) in [5.41, 5.74) is 1.37. The van der Waals surface area contributed by atoms with Crippen LogP contribution in [0.1, 0.15) is 19.5 Å². The molecule has 0 N–H and O–H groups in total. The minimum absolute atomic E-state index is 0. The first kappa shape index (κ1) is 27.2. The molecule has 0 aliphatic carbocycles. The van der Waals surface area contributed by atoms with E-state index in [0.29, 0.717) is 18.9 Å². The van der Waals surface area contributed by atoms with E-state index >= 15 is 0 Å². The van der Waals surface area contributed by atoms with Crippen LogP contribution in [-0.2, 0) is 40.3 Å². The van der Waals surface area contributed by atoms with Crippen molar-refractivity contribution in [3.05, 3.63) is 89.4 Å². The van der Waals surface area contributed by atoms with Crippen LogP contribution in [0.2, 0.25) is 0 Å². The molecule has 0 unspecified atom stereocenters. The van der Waals surface area contributed by atoms with Crippen molar-refractivity contribution in [2.45, 2.75) is 20.4 Å². The first-order valence-electron chi connectivity index (χ1n) is 9.23. The summed E-state index contributed by atoms with van der Waals surface area (Å²) in [6.07, 6.45) is 3.21. The molecule has 0 saturated carbocycles. The van der Waals surface area contributed by atoms with E-state index in [4.69, 9.17) is 9.05 Å². The van der Waals surface area contributed by atoms with Crippen LogP contribution < -0.4 is 0 Å². The van der Waals surface area contributed by atoms with E-state index in [1.165, 1.54) is 0 Å². The van der Waals surface area contributed by atoms with E-state index in [9.17, 15) is 13.3 Å². The van der Waals surface area contributed by atoms with E-state index < -0.39 is 19.4 Å². The number of hydrogen-bond acceptors (Lipinski definition) is 5. The molecule has 3 rings (SSSR count). The van der Waals surface area contributed by atoms with Crippen molar-refractivity contribution in [2.75, 3.05) is 13.2 Å². The van der Waals surface area contributed by atoms with Gasteiger partial charge in [0.15, 0.2) is 0 Å². The fourth-order valence-corrected chi connectivity index (χ4v) is 3.46. The van der Waals surface area contributed by atoms with Crippen molar-refractivity contribution in [1.29, 1.82) is 0 Å².